The third-order valence-corrected chi connectivity index (χ3v) is 2.19. The van der Waals surface area contributed by atoms with Crippen molar-refractivity contribution in [2.24, 2.45) is 0 Å². The van der Waals surface area contributed by atoms with Crippen molar-refractivity contribution >= 4 is 22.5 Å². The Hall–Kier alpha value is -1.35. The van der Waals surface area contributed by atoms with Crippen LogP contribution in [-0.2, 0) is 0 Å². The molecule has 2 aromatic rings. The van der Waals surface area contributed by atoms with Crippen molar-refractivity contribution in [1.82, 2.24) is 10.2 Å². The number of nitrogens with zero attached hydrogens (tertiary/aromatic N) is 2. The Morgan fingerprint density at radius 1 is 1.31 bits per heavy atom. The van der Waals surface area contributed by atoms with Gasteiger partial charge in [-0.15, -0.1) is 5.10 Å². The first kappa shape index (κ1) is 8.26. The number of hydrogen-bond donors (Lipinski definition) is 1. The van der Waals surface area contributed by atoms with Crippen LogP contribution in [0.3, 0.4) is 0 Å². The Morgan fingerprint density at radius 2 is 2.08 bits per heavy atom. The summed E-state index contributed by atoms with van der Waals surface area (Å²) in [6.45, 7) is 1.70. The quantitative estimate of drug-likeness (QED) is 0.700. The van der Waals surface area contributed by atoms with Gasteiger partial charge >= 0.3 is 0 Å². The highest BCUT2D eigenvalue weighted by molar-refractivity contribution is 6.35. The van der Waals surface area contributed by atoms with Gasteiger partial charge in [0.15, 0.2) is 0 Å². The van der Waals surface area contributed by atoms with Gasteiger partial charge in [0, 0.05) is 5.39 Å². The standard InChI is InChI=1S/C9H7ClN2O/c1-5-9(13)6-3-2-4-7(10)8(6)12-11-5/h2-4H,1H3,(H,12,13). The van der Waals surface area contributed by atoms with Crippen molar-refractivity contribution in [1.29, 1.82) is 0 Å². The van der Waals surface area contributed by atoms with E-state index in [1.54, 1.807) is 25.1 Å². The fraction of sp³-hybridized carbons (Fsp3) is 0.111. The SMILES string of the molecule is Cc1nnc2c(Cl)cccc2c1O. The Labute approximate surface area is 80.0 Å². The van der Waals surface area contributed by atoms with E-state index in [1.165, 1.54) is 0 Å². The molecule has 0 aliphatic heterocycles. The van der Waals surface area contributed by atoms with Crippen molar-refractivity contribution in [2.45, 2.75) is 6.92 Å². The number of rotatable bonds is 0. The van der Waals surface area contributed by atoms with Crippen molar-refractivity contribution in [3.63, 3.8) is 0 Å². The molecule has 0 atom stereocenters. The first-order chi connectivity index (χ1) is 6.20. The number of fused-ring (bicyclic) bond motifs is 1. The molecule has 0 bridgehead atoms. The van der Waals surface area contributed by atoms with E-state index in [0.717, 1.165) is 0 Å². The molecule has 0 amide bonds. The van der Waals surface area contributed by atoms with Crippen LogP contribution in [0.4, 0.5) is 0 Å². The van der Waals surface area contributed by atoms with E-state index in [1.807, 2.05) is 0 Å². The molecule has 0 aliphatic carbocycles. The van der Waals surface area contributed by atoms with Crippen LogP contribution in [0.1, 0.15) is 5.69 Å². The molecule has 0 saturated carbocycles. The highest BCUT2D eigenvalue weighted by Gasteiger charge is 2.07. The van der Waals surface area contributed by atoms with Gasteiger partial charge in [-0.1, -0.05) is 17.7 Å². The predicted molar refractivity (Wildman–Crippen MR) is 50.9 cm³/mol. The molecule has 3 nitrogen and oxygen atoms in total. The van der Waals surface area contributed by atoms with E-state index in [2.05, 4.69) is 10.2 Å². The summed E-state index contributed by atoms with van der Waals surface area (Å²) in [5.74, 6) is 0.146. The second-order valence-corrected chi connectivity index (χ2v) is 3.18. The highest BCUT2D eigenvalue weighted by atomic mass is 35.5. The van der Waals surface area contributed by atoms with Crippen LogP contribution in [0.15, 0.2) is 18.2 Å². The number of halogens is 1. The van der Waals surface area contributed by atoms with E-state index >= 15 is 0 Å². The zero-order valence-electron chi connectivity index (χ0n) is 6.95. The molecule has 13 heavy (non-hydrogen) atoms. The molecule has 1 aromatic heterocycles. The number of hydrogen-bond acceptors (Lipinski definition) is 3. The molecule has 1 N–H and O–H groups in total. The lowest BCUT2D eigenvalue weighted by Gasteiger charge is -2.02. The van der Waals surface area contributed by atoms with Crippen LogP contribution >= 0.6 is 11.6 Å². The zero-order chi connectivity index (χ0) is 9.42. The molecule has 0 aliphatic rings. The van der Waals surface area contributed by atoms with Gasteiger partial charge in [-0.25, -0.2) is 0 Å². The van der Waals surface area contributed by atoms with Crippen LogP contribution in [0, 0.1) is 6.92 Å². The lowest BCUT2D eigenvalue weighted by atomic mass is 10.2. The summed E-state index contributed by atoms with van der Waals surface area (Å²) >= 11 is 5.87. The first-order valence-electron chi connectivity index (χ1n) is 3.80. The van der Waals surface area contributed by atoms with Crippen LogP contribution in [0.5, 0.6) is 5.75 Å². The molecule has 0 radical (unpaired) electrons. The summed E-state index contributed by atoms with van der Waals surface area (Å²) in [5, 5.41) is 18.4. The van der Waals surface area contributed by atoms with Crippen molar-refractivity contribution in [3.05, 3.63) is 28.9 Å². The lowest BCUT2D eigenvalue weighted by molar-refractivity contribution is 0.472. The maximum Gasteiger partial charge on any atom is 0.148 e. The Kier molecular flexibility index (Phi) is 1.81. The fourth-order valence-electron chi connectivity index (χ4n) is 1.18. The third kappa shape index (κ3) is 1.21. The first-order valence-corrected chi connectivity index (χ1v) is 4.18. The van der Waals surface area contributed by atoms with E-state index in [-0.39, 0.29) is 5.75 Å². The van der Waals surface area contributed by atoms with Crippen LogP contribution < -0.4 is 0 Å². The van der Waals surface area contributed by atoms with E-state index in [9.17, 15) is 5.11 Å². The minimum absolute atomic E-state index is 0.146. The van der Waals surface area contributed by atoms with Gasteiger partial charge in [-0.05, 0) is 19.1 Å². The van der Waals surface area contributed by atoms with Gasteiger partial charge in [0.2, 0.25) is 0 Å². The Balaban J connectivity index is 2.94. The van der Waals surface area contributed by atoms with Gasteiger partial charge < -0.3 is 5.11 Å². The molecular weight excluding hydrogens is 188 g/mol. The summed E-state index contributed by atoms with van der Waals surface area (Å²) < 4.78 is 0. The maximum atomic E-state index is 9.62. The van der Waals surface area contributed by atoms with E-state index in [4.69, 9.17) is 11.6 Å². The van der Waals surface area contributed by atoms with Crippen molar-refractivity contribution in [3.8, 4) is 5.75 Å². The van der Waals surface area contributed by atoms with E-state index < -0.39 is 0 Å². The van der Waals surface area contributed by atoms with Gasteiger partial charge in [0.1, 0.15) is 17.0 Å². The summed E-state index contributed by atoms with van der Waals surface area (Å²) in [6, 6.07) is 5.25. The maximum absolute atomic E-state index is 9.62. The van der Waals surface area contributed by atoms with E-state index in [0.29, 0.717) is 21.6 Å². The zero-order valence-corrected chi connectivity index (χ0v) is 7.71. The molecule has 1 heterocycles. The van der Waals surface area contributed by atoms with Gasteiger partial charge in [-0.3, -0.25) is 0 Å². The number of aromatic nitrogens is 2. The number of benzene rings is 1. The second kappa shape index (κ2) is 2.85. The highest BCUT2D eigenvalue weighted by Crippen LogP contribution is 2.28. The monoisotopic (exact) mass is 194 g/mol. The summed E-state index contributed by atoms with van der Waals surface area (Å²) in [4.78, 5) is 0. The van der Waals surface area contributed by atoms with Crippen molar-refractivity contribution < 1.29 is 5.11 Å². The molecule has 66 valence electrons. The number of aryl methyl sites for hydroxylation is 1. The molecule has 0 unspecified atom stereocenters. The molecule has 0 fully saturated rings. The minimum atomic E-state index is 0.146. The second-order valence-electron chi connectivity index (χ2n) is 2.77. The normalized spacial score (nSPS) is 10.6. The summed E-state index contributed by atoms with van der Waals surface area (Å²) in [6.07, 6.45) is 0. The van der Waals surface area contributed by atoms with Crippen molar-refractivity contribution in [2.75, 3.05) is 0 Å². The molecule has 1 aromatic carbocycles. The smallest absolute Gasteiger partial charge is 0.148 e. The number of aromatic hydroxyl groups is 1. The summed E-state index contributed by atoms with van der Waals surface area (Å²) in [7, 11) is 0. The molecule has 4 heteroatoms. The molecule has 0 saturated heterocycles. The minimum Gasteiger partial charge on any atom is -0.505 e. The Bertz CT molecular complexity index is 470. The molecule has 2 rings (SSSR count). The fourth-order valence-corrected chi connectivity index (χ4v) is 1.39. The molecule has 0 spiro atoms. The van der Waals surface area contributed by atoms with Crippen LogP contribution in [0.2, 0.25) is 5.02 Å². The summed E-state index contributed by atoms with van der Waals surface area (Å²) in [5.41, 5.74) is 1.04. The average Bonchev–Trinajstić information content (AvgIpc) is 2.12. The third-order valence-electron chi connectivity index (χ3n) is 1.88. The average molecular weight is 195 g/mol. The Morgan fingerprint density at radius 3 is 2.85 bits per heavy atom. The van der Waals surface area contributed by atoms with Crippen LogP contribution in [-0.4, -0.2) is 15.3 Å². The molecular formula is C9H7ClN2O. The topological polar surface area (TPSA) is 46.0 Å². The predicted octanol–water partition coefficient (Wildman–Crippen LogP) is 2.30. The van der Waals surface area contributed by atoms with Gasteiger partial charge in [0.05, 0.1) is 5.02 Å². The largest absolute Gasteiger partial charge is 0.505 e. The lowest BCUT2D eigenvalue weighted by Crippen LogP contribution is -1.89. The van der Waals surface area contributed by atoms with Crippen LogP contribution in [0.25, 0.3) is 10.9 Å². The van der Waals surface area contributed by atoms with Gasteiger partial charge in [-0.2, -0.15) is 5.10 Å². The van der Waals surface area contributed by atoms with Gasteiger partial charge in [0.25, 0.3) is 0 Å².